The molecule has 1 rings (SSSR count). The van der Waals surface area contributed by atoms with Crippen LogP contribution >= 0.6 is 23.5 Å². The van der Waals surface area contributed by atoms with Crippen LogP contribution < -0.4 is 5.73 Å². The van der Waals surface area contributed by atoms with Crippen LogP contribution in [0, 0.1) is 0 Å². The van der Waals surface area contributed by atoms with Crippen LogP contribution in [0.25, 0.3) is 0 Å². The highest BCUT2D eigenvalue weighted by molar-refractivity contribution is 9.10. The summed E-state index contributed by atoms with van der Waals surface area (Å²) in [7, 11) is -4.24. The Balaban J connectivity index is 3.02. The minimum atomic E-state index is -4.24. The van der Waals surface area contributed by atoms with E-state index in [4.69, 9.17) is 15.5 Å². The highest BCUT2D eigenvalue weighted by atomic mass is 79.9. The second kappa shape index (κ2) is 3.90. The third-order valence-corrected chi connectivity index (χ3v) is 3.07. The van der Waals surface area contributed by atoms with E-state index in [0.29, 0.717) is 5.56 Å². The molecule has 4 nitrogen and oxygen atoms in total. The lowest BCUT2D eigenvalue weighted by Crippen LogP contribution is -2.10. The third kappa shape index (κ3) is 2.90. The minimum Gasteiger partial charge on any atom is -0.323 e. The van der Waals surface area contributed by atoms with E-state index in [9.17, 15) is 4.57 Å². The summed E-state index contributed by atoms with van der Waals surface area (Å²) < 4.78 is 11.5. The molecule has 0 amide bonds. The molecule has 1 unspecified atom stereocenters. The molecule has 1 aromatic rings. The Morgan fingerprint density at radius 3 is 2.54 bits per heavy atom. The normalized spacial score (nSPS) is 14.2. The summed E-state index contributed by atoms with van der Waals surface area (Å²) in [5, 5.41) is 0. The van der Waals surface area contributed by atoms with Crippen LogP contribution in [0.4, 0.5) is 0 Å². The van der Waals surface area contributed by atoms with E-state index in [1.165, 1.54) is 0 Å². The van der Waals surface area contributed by atoms with Crippen molar-refractivity contribution in [1.82, 2.24) is 0 Å². The zero-order valence-electron chi connectivity index (χ0n) is 6.59. The lowest BCUT2D eigenvalue weighted by atomic mass is 10.2. The average molecular weight is 266 g/mol. The summed E-state index contributed by atoms with van der Waals surface area (Å²) in [6.45, 7) is 0. The molecule has 0 aliphatic heterocycles. The fourth-order valence-electron chi connectivity index (χ4n) is 0.885. The Bertz CT molecular complexity index is 351. The van der Waals surface area contributed by atoms with Crippen molar-refractivity contribution in [2.45, 2.75) is 5.78 Å². The van der Waals surface area contributed by atoms with Crippen LogP contribution in [0.1, 0.15) is 11.3 Å². The molecule has 1 atom stereocenters. The molecule has 0 aromatic heterocycles. The van der Waals surface area contributed by atoms with Gasteiger partial charge in [0.1, 0.15) is 5.78 Å². The van der Waals surface area contributed by atoms with Gasteiger partial charge in [0.15, 0.2) is 0 Å². The number of hydrogen-bond donors (Lipinski definition) is 3. The van der Waals surface area contributed by atoms with Crippen molar-refractivity contribution in [1.29, 1.82) is 0 Å². The third-order valence-electron chi connectivity index (χ3n) is 1.55. The Morgan fingerprint density at radius 1 is 1.46 bits per heavy atom. The molecule has 0 saturated heterocycles. The Hall–Kier alpha value is -0.190. The average Bonchev–Trinajstić information content (AvgIpc) is 2.01. The van der Waals surface area contributed by atoms with Crippen molar-refractivity contribution in [3.8, 4) is 0 Å². The van der Waals surface area contributed by atoms with Gasteiger partial charge in [-0.2, -0.15) is 0 Å². The van der Waals surface area contributed by atoms with Gasteiger partial charge in [0, 0.05) is 4.47 Å². The monoisotopic (exact) mass is 265 g/mol. The summed E-state index contributed by atoms with van der Waals surface area (Å²) in [4.78, 5) is 17.6. The van der Waals surface area contributed by atoms with Gasteiger partial charge in [-0.3, -0.25) is 4.57 Å². The lowest BCUT2D eigenvalue weighted by Gasteiger charge is -2.13. The molecular formula is C7H9BrNO3P. The van der Waals surface area contributed by atoms with E-state index in [0.717, 1.165) is 4.47 Å². The number of benzene rings is 1. The van der Waals surface area contributed by atoms with Gasteiger partial charge >= 0.3 is 7.60 Å². The maximum atomic E-state index is 10.8. The van der Waals surface area contributed by atoms with Crippen molar-refractivity contribution in [2.24, 2.45) is 5.73 Å². The molecule has 0 heterocycles. The van der Waals surface area contributed by atoms with Gasteiger partial charge in [0.05, 0.1) is 0 Å². The fourth-order valence-corrected chi connectivity index (χ4v) is 1.85. The lowest BCUT2D eigenvalue weighted by molar-refractivity contribution is 0.359. The summed E-state index contributed by atoms with van der Waals surface area (Å²) in [5.41, 5.74) is 5.78. The van der Waals surface area contributed by atoms with Crippen LogP contribution in [-0.2, 0) is 4.57 Å². The SMILES string of the molecule is NC(c1cccc(Br)c1)P(=O)(O)O. The number of nitrogens with two attached hydrogens (primary N) is 1. The molecule has 0 aliphatic carbocycles. The van der Waals surface area contributed by atoms with Crippen LogP contribution in [-0.4, -0.2) is 9.79 Å². The number of halogens is 1. The van der Waals surface area contributed by atoms with Gasteiger partial charge in [0.2, 0.25) is 0 Å². The molecule has 1 aromatic carbocycles. The second-order valence-corrected chi connectivity index (χ2v) is 5.24. The first-order valence-corrected chi connectivity index (χ1v) is 5.95. The molecule has 0 bridgehead atoms. The van der Waals surface area contributed by atoms with Crippen molar-refractivity contribution in [3.63, 3.8) is 0 Å². The molecule has 0 spiro atoms. The van der Waals surface area contributed by atoms with Crippen LogP contribution in [0.3, 0.4) is 0 Å². The highest BCUT2D eigenvalue weighted by Gasteiger charge is 2.26. The van der Waals surface area contributed by atoms with E-state index in [-0.39, 0.29) is 0 Å². The van der Waals surface area contributed by atoms with E-state index < -0.39 is 13.4 Å². The topological polar surface area (TPSA) is 83.6 Å². The van der Waals surface area contributed by atoms with Crippen molar-refractivity contribution < 1.29 is 14.4 Å². The smallest absolute Gasteiger partial charge is 0.323 e. The van der Waals surface area contributed by atoms with E-state index in [2.05, 4.69) is 15.9 Å². The van der Waals surface area contributed by atoms with Gasteiger partial charge in [-0.1, -0.05) is 28.1 Å². The summed E-state index contributed by atoms with van der Waals surface area (Å²) in [5.74, 6) is -1.25. The molecule has 0 radical (unpaired) electrons. The first kappa shape index (κ1) is 10.9. The van der Waals surface area contributed by atoms with Gasteiger partial charge < -0.3 is 15.5 Å². The van der Waals surface area contributed by atoms with Gasteiger partial charge in [0.25, 0.3) is 0 Å². The summed E-state index contributed by atoms with van der Waals surface area (Å²) >= 11 is 3.19. The number of rotatable bonds is 2. The predicted octanol–water partition coefficient (Wildman–Crippen LogP) is 1.58. The molecule has 0 aliphatic rings. The first-order valence-electron chi connectivity index (χ1n) is 3.47. The second-order valence-electron chi connectivity index (χ2n) is 2.59. The molecule has 6 heteroatoms. The minimum absolute atomic E-state index is 0.419. The molecule has 72 valence electrons. The standard InChI is InChI=1S/C7H9BrNO3P/c8-6-3-1-2-5(4-6)7(9)13(10,11)12/h1-4,7H,9H2,(H2,10,11,12). The maximum Gasteiger partial charge on any atom is 0.346 e. The molecule has 4 N–H and O–H groups in total. The van der Waals surface area contributed by atoms with Crippen LogP contribution in [0.5, 0.6) is 0 Å². The zero-order valence-corrected chi connectivity index (χ0v) is 9.07. The van der Waals surface area contributed by atoms with Crippen molar-refractivity contribution >= 4 is 23.5 Å². The fraction of sp³-hybridized carbons (Fsp3) is 0.143. The first-order chi connectivity index (χ1) is 5.91. The molecular weight excluding hydrogens is 257 g/mol. The highest BCUT2D eigenvalue weighted by Crippen LogP contribution is 2.48. The van der Waals surface area contributed by atoms with Gasteiger partial charge in [-0.25, -0.2) is 0 Å². The van der Waals surface area contributed by atoms with Crippen molar-refractivity contribution in [2.75, 3.05) is 0 Å². The van der Waals surface area contributed by atoms with Crippen LogP contribution in [0.15, 0.2) is 28.7 Å². The largest absolute Gasteiger partial charge is 0.346 e. The summed E-state index contributed by atoms with van der Waals surface area (Å²) in [6.07, 6.45) is 0. The maximum absolute atomic E-state index is 10.8. The predicted molar refractivity (Wildman–Crippen MR) is 53.1 cm³/mol. The van der Waals surface area contributed by atoms with E-state index in [1.807, 2.05) is 0 Å². The van der Waals surface area contributed by atoms with Crippen molar-refractivity contribution in [3.05, 3.63) is 34.3 Å². The summed E-state index contributed by atoms with van der Waals surface area (Å²) in [6, 6.07) is 6.60. The van der Waals surface area contributed by atoms with E-state index in [1.54, 1.807) is 24.3 Å². The van der Waals surface area contributed by atoms with Crippen LogP contribution in [0.2, 0.25) is 0 Å². The zero-order chi connectivity index (χ0) is 10.1. The van der Waals surface area contributed by atoms with Gasteiger partial charge in [-0.15, -0.1) is 0 Å². The number of hydrogen-bond acceptors (Lipinski definition) is 2. The molecule has 0 saturated carbocycles. The quantitative estimate of drug-likeness (QED) is 0.709. The Morgan fingerprint density at radius 2 is 2.08 bits per heavy atom. The van der Waals surface area contributed by atoms with Gasteiger partial charge in [-0.05, 0) is 17.7 Å². The Kier molecular flexibility index (Phi) is 3.27. The molecule has 13 heavy (non-hydrogen) atoms. The Labute approximate surface area is 84.1 Å². The van der Waals surface area contributed by atoms with E-state index >= 15 is 0 Å². The molecule has 0 fully saturated rings.